The second-order valence-corrected chi connectivity index (χ2v) is 5.63. The molecule has 1 aromatic heterocycles. The van der Waals surface area contributed by atoms with Gasteiger partial charge in [0.25, 0.3) is 0 Å². The van der Waals surface area contributed by atoms with E-state index in [9.17, 15) is 13.2 Å². The molecule has 1 heterocycles. The number of benzene rings is 2. The molecule has 114 valence electrons. The maximum Gasteiger partial charge on any atom is 0.416 e. The number of aromatic nitrogens is 1. The average molecular weight is 325 g/mol. The molecule has 0 aliphatic carbocycles. The average Bonchev–Trinajstić information content (AvgIpc) is 2.89. The van der Waals surface area contributed by atoms with Crippen molar-refractivity contribution in [1.82, 2.24) is 4.98 Å². The molecule has 2 aromatic carbocycles. The van der Waals surface area contributed by atoms with Crippen LogP contribution in [0.25, 0.3) is 10.2 Å². The molecule has 0 radical (unpaired) electrons. The molecule has 0 bridgehead atoms. The fraction of sp³-hybridized carbons (Fsp3) is 0.133. The van der Waals surface area contributed by atoms with Crippen LogP contribution in [0.5, 0.6) is 11.5 Å². The Hall–Kier alpha value is -2.12. The Labute approximate surface area is 127 Å². The highest BCUT2D eigenvalue weighted by atomic mass is 32.1. The zero-order chi connectivity index (χ0) is 15.7. The van der Waals surface area contributed by atoms with Crippen molar-refractivity contribution >= 4 is 21.6 Å². The lowest BCUT2D eigenvalue weighted by atomic mass is 10.2. The summed E-state index contributed by atoms with van der Waals surface area (Å²) in [5.41, 5.74) is 0.0270. The van der Waals surface area contributed by atoms with Gasteiger partial charge in [-0.05, 0) is 36.4 Å². The van der Waals surface area contributed by atoms with Crippen molar-refractivity contribution in [1.29, 1.82) is 0 Å². The van der Waals surface area contributed by atoms with E-state index >= 15 is 0 Å². The highest BCUT2D eigenvalue weighted by Crippen LogP contribution is 2.32. The minimum atomic E-state index is -4.36. The van der Waals surface area contributed by atoms with Gasteiger partial charge in [0.15, 0.2) is 0 Å². The second kappa shape index (κ2) is 5.58. The molecule has 0 spiro atoms. The van der Waals surface area contributed by atoms with Gasteiger partial charge in [-0.15, -0.1) is 11.3 Å². The monoisotopic (exact) mass is 325 g/mol. The van der Waals surface area contributed by atoms with E-state index < -0.39 is 11.7 Å². The van der Waals surface area contributed by atoms with E-state index in [2.05, 4.69) is 4.98 Å². The molecule has 0 unspecified atom stereocenters. The van der Waals surface area contributed by atoms with Crippen LogP contribution in [0.2, 0.25) is 0 Å². The third-order valence-electron chi connectivity index (χ3n) is 2.96. The topological polar surface area (TPSA) is 42.4 Å². The Morgan fingerprint density at radius 1 is 1.05 bits per heavy atom. The van der Waals surface area contributed by atoms with Crippen molar-refractivity contribution in [2.24, 2.45) is 0 Å². The van der Waals surface area contributed by atoms with Gasteiger partial charge in [-0.25, -0.2) is 4.98 Å². The van der Waals surface area contributed by atoms with E-state index in [0.29, 0.717) is 16.5 Å². The second-order valence-electron chi connectivity index (χ2n) is 4.52. The van der Waals surface area contributed by atoms with Crippen molar-refractivity contribution in [3.05, 3.63) is 53.0 Å². The highest BCUT2D eigenvalue weighted by Gasteiger charge is 2.30. The van der Waals surface area contributed by atoms with E-state index in [-0.39, 0.29) is 6.61 Å². The Morgan fingerprint density at radius 3 is 2.36 bits per heavy atom. The lowest BCUT2D eigenvalue weighted by molar-refractivity contribution is -0.137. The van der Waals surface area contributed by atoms with Gasteiger partial charge in [0.2, 0.25) is 0 Å². The fourth-order valence-electron chi connectivity index (χ4n) is 1.93. The van der Waals surface area contributed by atoms with Crippen molar-refractivity contribution < 1.29 is 23.0 Å². The van der Waals surface area contributed by atoms with Crippen LogP contribution in [-0.4, -0.2) is 10.1 Å². The summed E-state index contributed by atoms with van der Waals surface area (Å²) < 4.78 is 43.9. The summed E-state index contributed by atoms with van der Waals surface area (Å²) in [6.45, 7) is -0.131. The summed E-state index contributed by atoms with van der Waals surface area (Å²) in [6, 6.07) is 9.67. The number of aliphatic hydroxyl groups excluding tert-OH is 1. The fourth-order valence-corrected chi connectivity index (χ4v) is 2.79. The van der Waals surface area contributed by atoms with E-state index in [1.165, 1.54) is 23.5 Å². The standard InChI is InChI=1S/C15H10F3NO2S/c16-15(17,18)9-1-3-10(4-2-9)21-11-5-6-12-13(7-11)22-14(8-20)19-12/h1-7,20H,8H2. The number of halogens is 3. The van der Waals surface area contributed by atoms with Crippen LogP contribution in [0.4, 0.5) is 13.2 Å². The lowest BCUT2D eigenvalue weighted by Crippen LogP contribution is -2.03. The smallest absolute Gasteiger partial charge is 0.416 e. The molecule has 0 aliphatic heterocycles. The number of hydrogen-bond donors (Lipinski definition) is 1. The quantitative estimate of drug-likeness (QED) is 0.765. The van der Waals surface area contributed by atoms with Crippen molar-refractivity contribution in [3.8, 4) is 11.5 Å². The molecule has 0 atom stereocenters. The Balaban J connectivity index is 1.83. The number of alkyl halides is 3. The number of thiazole rings is 1. The molecule has 7 heteroatoms. The normalized spacial score (nSPS) is 11.8. The highest BCUT2D eigenvalue weighted by molar-refractivity contribution is 7.18. The van der Waals surface area contributed by atoms with Crippen LogP contribution in [0.15, 0.2) is 42.5 Å². The van der Waals surface area contributed by atoms with E-state index in [0.717, 1.165) is 22.3 Å². The Morgan fingerprint density at radius 2 is 1.73 bits per heavy atom. The summed E-state index contributed by atoms with van der Waals surface area (Å²) in [5, 5.41) is 9.66. The summed E-state index contributed by atoms with van der Waals surface area (Å²) in [4.78, 5) is 4.21. The first-order chi connectivity index (χ1) is 10.5. The first kappa shape index (κ1) is 14.8. The van der Waals surface area contributed by atoms with Gasteiger partial charge >= 0.3 is 6.18 Å². The largest absolute Gasteiger partial charge is 0.457 e. The molecule has 3 rings (SSSR count). The molecule has 3 aromatic rings. The molecule has 22 heavy (non-hydrogen) atoms. The number of rotatable bonds is 3. The van der Waals surface area contributed by atoms with Gasteiger partial charge < -0.3 is 9.84 Å². The van der Waals surface area contributed by atoms with Gasteiger partial charge in [-0.3, -0.25) is 0 Å². The molecule has 0 aliphatic rings. The predicted molar refractivity (Wildman–Crippen MR) is 77.1 cm³/mol. The molecule has 0 saturated carbocycles. The third kappa shape index (κ3) is 3.05. The minimum absolute atomic E-state index is 0.131. The third-order valence-corrected chi connectivity index (χ3v) is 3.96. The molecular weight excluding hydrogens is 315 g/mol. The number of aliphatic hydroxyl groups is 1. The zero-order valence-corrected chi connectivity index (χ0v) is 11.9. The molecule has 1 N–H and O–H groups in total. The van der Waals surface area contributed by atoms with Crippen LogP contribution < -0.4 is 4.74 Å². The predicted octanol–water partition coefficient (Wildman–Crippen LogP) is 4.60. The van der Waals surface area contributed by atoms with Gasteiger partial charge in [0.05, 0.1) is 22.4 Å². The lowest BCUT2D eigenvalue weighted by Gasteiger charge is -2.08. The minimum Gasteiger partial charge on any atom is -0.457 e. The number of ether oxygens (including phenoxy) is 1. The van der Waals surface area contributed by atoms with E-state index in [4.69, 9.17) is 9.84 Å². The van der Waals surface area contributed by atoms with Crippen molar-refractivity contribution in [2.45, 2.75) is 12.8 Å². The van der Waals surface area contributed by atoms with Crippen LogP contribution in [0.3, 0.4) is 0 Å². The molecule has 0 saturated heterocycles. The molecular formula is C15H10F3NO2S. The van der Waals surface area contributed by atoms with Crippen LogP contribution in [0.1, 0.15) is 10.6 Å². The zero-order valence-electron chi connectivity index (χ0n) is 11.1. The van der Waals surface area contributed by atoms with Gasteiger partial charge in [0, 0.05) is 6.07 Å². The van der Waals surface area contributed by atoms with Crippen LogP contribution in [-0.2, 0) is 12.8 Å². The first-order valence-electron chi connectivity index (χ1n) is 6.31. The van der Waals surface area contributed by atoms with Crippen molar-refractivity contribution in [3.63, 3.8) is 0 Å². The molecule has 3 nitrogen and oxygen atoms in total. The molecule has 0 fully saturated rings. The number of fused-ring (bicyclic) bond motifs is 1. The van der Waals surface area contributed by atoms with Gasteiger partial charge in [-0.2, -0.15) is 13.2 Å². The summed E-state index contributed by atoms with van der Waals surface area (Å²) in [6.07, 6.45) is -4.36. The van der Waals surface area contributed by atoms with E-state index in [1.807, 2.05) is 0 Å². The van der Waals surface area contributed by atoms with E-state index in [1.54, 1.807) is 18.2 Å². The maximum atomic E-state index is 12.5. The first-order valence-corrected chi connectivity index (χ1v) is 7.13. The van der Waals surface area contributed by atoms with Gasteiger partial charge in [0.1, 0.15) is 16.5 Å². The summed E-state index contributed by atoms with van der Waals surface area (Å²) >= 11 is 1.34. The Kier molecular flexibility index (Phi) is 3.76. The summed E-state index contributed by atoms with van der Waals surface area (Å²) in [7, 11) is 0. The maximum absolute atomic E-state index is 12.5. The Bertz CT molecular complexity index is 797. The summed E-state index contributed by atoms with van der Waals surface area (Å²) in [5.74, 6) is 0.819. The number of nitrogens with zero attached hydrogens (tertiary/aromatic N) is 1. The SMILES string of the molecule is OCc1nc2ccc(Oc3ccc(C(F)(F)F)cc3)cc2s1. The molecule has 0 amide bonds. The van der Waals surface area contributed by atoms with Crippen LogP contribution >= 0.6 is 11.3 Å². The van der Waals surface area contributed by atoms with Crippen molar-refractivity contribution in [2.75, 3.05) is 0 Å². The van der Waals surface area contributed by atoms with Gasteiger partial charge in [-0.1, -0.05) is 0 Å². The number of hydrogen-bond acceptors (Lipinski definition) is 4. The van der Waals surface area contributed by atoms with Crippen LogP contribution in [0, 0.1) is 0 Å².